The Morgan fingerprint density at radius 3 is 2.63 bits per heavy atom. The van der Waals surface area contributed by atoms with E-state index in [4.69, 9.17) is 4.74 Å². The van der Waals surface area contributed by atoms with Crippen LogP contribution in [-0.4, -0.2) is 44.0 Å². The van der Waals surface area contributed by atoms with Gasteiger partial charge < -0.3 is 14.6 Å². The SMILES string of the molecule is CCOC(=O)c1c(NC(=O)CSc2nnc(-c3ccncc3)n2C)sc(C)c1CC. The molecular formula is C20H23N5O3S2. The van der Waals surface area contributed by atoms with Gasteiger partial charge in [-0.2, -0.15) is 0 Å². The van der Waals surface area contributed by atoms with Crippen molar-refractivity contribution >= 4 is 40.0 Å². The molecule has 10 heteroatoms. The molecule has 30 heavy (non-hydrogen) atoms. The maximum Gasteiger partial charge on any atom is 0.341 e. The van der Waals surface area contributed by atoms with Crippen LogP contribution in [0, 0.1) is 6.92 Å². The summed E-state index contributed by atoms with van der Waals surface area (Å²) >= 11 is 2.67. The molecule has 0 aliphatic heterocycles. The highest BCUT2D eigenvalue weighted by Crippen LogP contribution is 2.34. The van der Waals surface area contributed by atoms with E-state index < -0.39 is 5.97 Å². The van der Waals surface area contributed by atoms with Crippen LogP contribution >= 0.6 is 23.1 Å². The van der Waals surface area contributed by atoms with Crippen molar-refractivity contribution in [1.29, 1.82) is 0 Å². The third-order valence-electron chi connectivity index (χ3n) is 4.40. The van der Waals surface area contributed by atoms with Crippen LogP contribution in [0.15, 0.2) is 29.7 Å². The lowest BCUT2D eigenvalue weighted by Crippen LogP contribution is -2.17. The second-order valence-electron chi connectivity index (χ2n) is 6.35. The first-order chi connectivity index (χ1) is 14.5. The molecule has 0 aliphatic carbocycles. The largest absolute Gasteiger partial charge is 0.462 e. The number of thiophene rings is 1. The van der Waals surface area contributed by atoms with Gasteiger partial charge in [-0.1, -0.05) is 18.7 Å². The van der Waals surface area contributed by atoms with Crippen LogP contribution in [0.5, 0.6) is 0 Å². The molecule has 0 bridgehead atoms. The van der Waals surface area contributed by atoms with E-state index >= 15 is 0 Å². The number of amides is 1. The number of aromatic nitrogens is 4. The second-order valence-corrected chi connectivity index (χ2v) is 8.52. The fourth-order valence-corrected chi connectivity index (χ4v) is 4.86. The van der Waals surface area contributed by atoms with E-state index in [0.29, 0.717) is 28.0 Å². The summed E-state index contributed by atoms with van der Waals surface area (Å²) in [4.78, 5) is 30.0. The minimum absolute atomic E-state index is 0.142. The Labute approximate surface area is 183 Å². The zero-order chi connectivity index (χ0) is 21.7. The predicted octanol–water partition coefficient (Wildman–Crippen LogP) is 3.72. The number of hydrogen-bond acceptors (Lipinski definition) is 8. The minimum Gasteiger partial charge on any atom is -0.462 e. The van der Waals surface area contributed by atoms with E-state index in [1.165, 1.54) is 23.1 Å². The molecule has 0 saturated heterocycles. The molecule has 1 amide bonds. The zero-order valence-corrected chi connectivity index (χ0v) is 18.9. The van der Waals surface area contributed by atoms with E-state index in [1.807, 2.05) is 37.6 Å². The average molecular weight is 446 g/mol. The summed E-state index contributed by atoms with van der Waals surface area (Å²) < 4.78 is 7.02. The molecule has 0 saturated carbocycles. The van der Waals surface area contributed by atoms with Gasteiger partial charge in [-0.05, 0) is 38.0 Å². The molecule has 0 radical (unpaired) electrons. The Hall–Kier alpha value is -2.72. The number of carbonyl (C=O) groups excluding carboxylic acids is 2. The second kappa shape index (κ2) is 9.86. The van der Waals surface area contributed by atoms with Crippen molar-refractivity contribution in [2.75, 3.05) is 17.7 Å². The van der Waals surface area contributed by atoms with Gasteiger partial charge >= 0.3 is 5.97 Å². The summed E-state index contributed by atoms with van der Waals surface area (Å²) in [6, 6.07) is 3.71. The van der Waals surface area contributed by atoms with Crippen LogP contribution in [0.2, 0.25) is 0 Å². The number of rotatable bonds is 8. The third-order valence-corrected chi connectivity index (χ3v) is 6.48. The van der Waals surface area contributed by atoms with Crippen molar-refractivity contribution in [3.05, 3.63) is 40.5 Å². The molecule has 3 rings (SSSR count). The van der Waals surface area contributed by atoms with Crippen molar-refractivity contribution in [1.82, 2.24) is 19.7 Å². The van der Waals surface area contributed by atoms with Gasteiger partial charge in [0.25, 0.3) is 0 Å². The molecule has 3 aromatic heterocycles. The van der Waals surface area contributed by atoms with E-state index in [1.54, 1.807) is 19.3 Å². The van der Waals surface area contributed by atoms with Crippen molar-refractivity contribution in [3.63, 3.8) is 0 Å². The van der Waals surface area contributed by atoms with Crippen molar-refractivity contribution in [2.45, 2.75) is 32.3 Å². The monoisotopic (exact) mass is 445 g/mol. The zero-order valence-electron chi connectivity index (χ0n) is 17.3. The lowest BCUT2D eigenvalue weighted by Gasteiger charge is -2.08. The fourth-order valence-electron chi connectivity index (χ4n) is 3.00. The highest BCUT2D eigenvalue weighted by molar-refractivity contribution is 7.99. The molecule has 0 aromatic carbocycles. The van der Waals surface area contributed by atoms with E-state index in [0.717, 1.165) is 16.0 Å². The Morgan fingerprint density at radius 2 is 1.97 bits per heavy atom. The molecule has 0 spiro atoms. The average Bonchev–Trinajstić information content (AvgIpc) is 3.26. The van der Waals surface area contributed by atoms with Gasteiger partial charge in [-0.15, -0.1) is 21.5 Å². The Morgan fingerprint density at radius 1 is 1.23 bits per heavy atom. The van der Waals surface area contributed by atoms with Gasteiger partial charge in [0.05, 0.1) is 17.9 Å². The number of nitrogens with one attached hydrogen (secondary N) is 1. The molecule has 8 nitrogen and oxygen atoms in total. The van der Waals surface area contributed by atoms with Crippen molar-refractivity contribution in [2.24, 2.45) is 7.05 Å². The minimum atomic E-state index is -0.406. The first-order valence-electron chi connectivity index (χ1n) is 9.48. The highest BCUT2D eigenvalue weighted by Gasteiger charge is 2.23. The molecule has 3 heterocycles. The number of esters is 1. The standard InChI is InChI=1S/C20H23N5O3S2/c1-5-14-12(3)30-18(16(14)19(27)28-6-2)22-15(26)11-29-20-24-23-17(25(20)4)13-7-9-21-10-8-13/h7-10H,5-6,11H2,1-4H3,(H,22,26). The molecule has 3 aromatic rings. The van der Waals surface area contributed by atoms with Crippen LogP contribution in [0.3, 0.4) is 0 Å². The molecule has 0 unspecified atom stereocenters. The first-order valence-corrected chi connectivity index (χ1v) is 11.3. The number of nitrogens with zero attached hydrogens (tertiary/aromatic N) is 4. The molecule has 0 aliphatic rings. The molecular weight excluding hydrogens is 422 g/mol. The van der Waals surface area contributed by atoms with Crippen LogP contribution in [-0.2, 0) is 23.0 Å². The third kappa shape index (κ3) is 4.71. The van der Waals surface area contributed by atoms with E-state index in [9.17, 15) is 9.59 Å². The van der Waals surface area contributed by atoms with Crippen LogP contribution in [0.25, 0.3) is 11.4 Å². The quantitative estimate of drug-likeness (QED) is 0.417. The Bertz CT molecular complexity index is 1050. The molecule has 0 atom stereocenters. The number of pyridine rings is 1. The maximum atomic E-state index is 12.6. The smallest absolute Gasteiger partial charge is 0.341 e. The molecule has 158 valence electrons. The Kier molecular flexibility index (Phi) is 7.22. The first kappa shape index (κ1) is 22.0. The number of thioether (sulfide) groups is 1. The summed E-state index contributed by atoms with van der Waals surface area (Å²) in [5, 5.41) is 12.4. The van der Waals surface area contributed by atoms with Crippen molar-refractivity contribution in [3.8, 4) is 11.4 Å². The van der Waals surface area contributed by atoms with Gasteiger partial charge in [0, 0.05) is 29.9 Å². The molecule has 1 N–H and O–H groups in total. The number of aryl methyl sites for hydroxylation is 1. The topological polar surface area (TPSA) is 99.0 Å². The number of anilines is 1. The highest BCUT2D eigenvalue weighted by atomic mass is 32.2. The van der Waals surface area contributed by atoms with Gasteiger partial charge in [0.1, 0.15) is 5.00 Å². The van der Waals surface area contributed by atoms with Crippen LogP contribution < -0.4 is 5.32 Å². The summed E-state index contributed by atoms with van der Waals surface area (Å²) in [5.41, 5.74) is 2.27. The van der Waals surface area contributed by atoms with Gasteiger partial charge in [-0.3, -0.25) is 9.78 Å². The summed E-state index contributed by atoms with van der Waals surface area (Å²) in [7, 11) is 1.85. The summed E-state index contributed by atoms with van der Waals surface area (Å²) in [6.45, 7) is 5.97. The van der Waals surface area contributed by atoms with Crippen LogP contribution in [0.4, 0.5) is 5.00 Å². The molecule has 0 fully saturated rings. The fraction of sp³-hybridized carbons (Fsp3) is 0.350. The summed E-state index contributed by atoms with van der Waals surface area (Å²) in [5.74, 6) is 0.217. The van der Waals surface area contributed by atoms with E-state index in [2.05, 4.69) is 20.5 Å². The number of hydrogen-bond donors (Lipinski definition) is 1. The van der Waals surface area contributed by atoms with Gasteiger partial charge in [0.15, 0.2) is 11.0 Å². The maximum absolute atomic E-state index is 12.6. The van der Waals surface area contributed by atoms with E-state index in [-0.39, 0.29) is 18.3 Å². The normalized spacial score (nSPS) is 10.8. The number of ether oxygens (including phenoxy) is 1. The van der Waals surface area contributed by atoms with Gasteiger partial charge in [0.2, 0.25) is 5.91 Å². The summed E-state index contributed by atoms with van der Waals surface area (Å²) in [6.07, 6.45) is 4.08. The van der Waals surface area contributed by atoms with Gasteiger partial charge in [-0.25, -0.2) is 4.79 Å². The van der Waals surface area contributed by atoms with Crippen molar-refractivity contribution < 1.29 is 14.3 Å². The lowest BCUT2D eigenvalue weighted by molar-refractivity contribution is -0.113. The predicted molar refractivity (Wildman–Crippen MR) is 118 cm³/mol. The lowest BCUT2D eigenvalue weighted by atomic mass is 10.1. The number of carbonyl (C=O) groups is 2. The Balaban J connectivity index is 1.70. The van der Waals surface area contributed by atoms with Crippen LogP contribution in [0.1, 0.15) is 34.6 Å².